The monoisotopic (exact) mass is 547 g/mol. The highest BCUT2D eigenvalue weighted by Crippen LogP contribution is 2.48. The molecule has 1 aliphatic carbocycles. The number of hydrogen-bond acceptors (Lipinski definition) is 6. The zero-order valence-electron chi connectivity index (χ0n) is 22.7. The van der Waals surface area contributed by atoms with Crippen molar-refractivity contribution in [2.75, 3.05) is 20.3 Å². The summed E-state index contributed by atoms with van der Waals surface area (Å²) < 4.78 is 25.8. The summed E-state index contributed by atoms with van der Waals surface area (Å²) in [5.74, 6) is -0.185. The van der Waals surface area contributed by atoms with Crippen LogP contribution in [0.4, 0.5) is 4.39 Å². The minimum absolute atomic E-state index is 0.0700. The second kappa shape index (κ2) is 11.9. The van der Waals surface area contributed by atoms with Gasteiger partial charge in [-0.05, 0) is 72.9 Å². The Labute approximate surface area is 229 Å². The molecule has 0 radical (unpaired) electrons. The molecular weight excluding hydrogens is 509 g/mol. The van der Waals surface area contributed by atoms with Crippen LogP contribution in [0.5, 0.6) is 5.88 Å². The second-order valence-corrected chi connectivity index (χ2v) is 12.3. The van der Waals surface area contributed by atoms with Gasteiger partial charge in [0, 0.05) is 42.9 Å². The fraction of sp³-hybridized carbons (Fsp3) is 0.586. The molecule has 0 saturated heterocycles. The van der Waals surface area contributed by atoms with Crippen molar-refractivity contribution >= 4 is 17.5 Å². The number of halogens is 2. The molecular formula is C29H39ClFN3O4. The average molecular weight is 548 g/mol. The molecule has 1 saturated carbocycles. The molecule has 208 valence electrons. The van der Waals surface area contributed by atoms with E-state index in [4.69, 9.17) is 21.1 Å². The van der Waals surface area contributed by atoms with Crippen molar-refractivity contribution in [2.45, 2.75) is 83.1 Å². The van der Waals surface area contributed by atoms with Crippen LogP contribution in [0.3, 0.4) is 0 Å². The van der Waals surface area contributed by atoms with Gasteiger partial charge >= 0.3 is 0 Å². The smallest absolute Gasteiger partial charge is 0.246 e. The first-order chi connectivity index (χ1) is 18.0. The van der Waals surface area contributed by atoms with E-state index in [1.807, 2.05) is 6.20 Å². The van der Waals surface area contributed by atoms with Crippen molar-refractivity contribution < 1.29 is 23.8 Å². The van der Waals surface area contributed by atoms with Crippen LogP contribution < -0.4 is 15.4 Å². The van der Waals surface area contributed by atoms with Gasteiger partial charge in [-0.2, -0.15) is 0 Å². The van der Waals surface area contributed by atoms with Crippen molar-refractivity contribution in [3.63, 3.8) is 0 Å². The van der Waals surface area contributed by atoms with Gasteiger partial charge in [-0.15, -0.1) is 0 Å². The van der Waals surface area contributed by atoms with Gasteiger partial charge in [-0.25, -0.2) is 9.37 Å². The molecule has 0 bridgehead atoms. The third-order valence-corrected chi connectivity index (χ3v) is 7.54. The van der Waals surface area contributed by atoms with E-state index in [0.717, 1.165) is 43.2 Å². The van der Waals surface area contributed by atoms with Gasteiger partial charge in [-0.1, -0.05) is 32.4 Å². The van der Waals surface area contributed by atoms with Crippen LogP contribution in [0, 0.1) is 11.2 Å². The van der Waals surface area contributed by atoms with Crippen molar-refractivity contribution in [1.82, 2.24) is 15.6 Å². The van der Waals surface area contributed by atoms with Crippen molar-refractivity contribution in [1.29, 1.82) is 0 Å². The number of nitrogens with zero attached hydrogens (tertiary/aromatic N) is 1. The summed E-state index contributed by atoms with van der Waals surface area (Å²) in [6.07, 6.45) is 5.70. The molecule has 1 spiro atoms. The number of hydrogen-bond donors (Lipinski definition) is 3. The number of ether oxygens (including phenoxy) is 2. The molecule has 1 aliphatic heterocycles. The highest BCUT2D eigenvalue weighted by atomic mass is 35.5. The normalized spacial score (nSPS) is 19.7. The Morgan fingerprint density at radius 3 is 2.76 bits per heavy atom. The summed E-state index contributed by atoms with van der Waals surface area (Å²) in [6.45, 7) is 6.61. The molecule has 0 unspecified atom stereocenters. The zero-order chi connectivity index (χ0) is 27.5. The maximum absolute atomic E-state index is 14.5. The van der Waals surface area contributed by atoms with Gasteiger partial charge in [0.2, 0.25) is 11.8 Å². The Kier molecular flexibility index (Phi) is 8.97. The van der Waals surface area contributed by atoms with Crippen LogP contribution in [0.2, 0.25) is 5.02 Å². The third kappa shape index (κ3) is 7.23. The van der Waals surface area contributed by atoms with E-state index < -0.39 is 18.0 Å². The summed E-state index contributed by atoms with van der Waals surface area (Å²) in [5, 5.41) is 17.9. The van der Waals surface area contributed by atoms with Crippen molar-refractivity contribution in [2.24, 2.45) is 5.41 Å². The highest BCUT2D eigenvalue weighted by molar-refractivity contribution is 6.30. The fourth-order valence-electron chi connectivity index (χ4n) is 5.35. The maximum atomic E-state index is 14.5. The number of methoxy groups -OCH3 is 1. The lowest BCUT2D eigenvalue weighted by molar-refractivity contribution is -0.126. The lowest BCUT2D eigenvalue weighted by Gasteiger charge is -2.47. The molecule has 1 aromatic heterocycles. The summed E-state index contributed by atoms with van der Waals surface area (Å²) in [5.41, 5.74) is 2.32. The molecule has 7 nitrogen and oxygen atoms in total. The minimum Gasteiger partial charge on any atom is -0.471 e. The second-order valence-electron chi connectivity index (χ2n) is 11.9. The molecule has 3 N–H and O–H groups in total. The number of rotatable bonds is 10. The average Bonchev–Trinajstić information content (AvgIpc) is 2.82. The highest BCUT2D eigenvalue weighted by Gasteiger charge is 2.46. The van der Waals surface area contributed by atoms with Crippen LogP contribution in [0.15, 0.2) is 30.5 Å². The van der Waals surface area contributed by atoms with Crippen LogP contribution in [0.1, 0.15) is 69.2 Å². The van der Waals surface area contributed by atoms with Crippen LogP contribution in [0.25, 0.3) is 0 Å². The van der Waals surface area contributed by atoms with Gasteiger partial charge in [-0.3, -0.25) is 4.79 Å². The lowest BCUT2D eigenvalue weighted by atomic mass is 9.73. The topological polar surface area (TPSA) is 92.7 Å². The molecule has 2 aliphatic rings. The first-order valence-electron chi connectivity index (χ1n) is 13.3. The Morgan fingerprint density at radius 1 is 1.34 bits per heavy atom. The molecule has 1 amide bonds. The molecule has 2 heterocycles. The molecule has 1 fully saturated rings. The van der Waals surface area contributed by atoms with Gasteiger partial charge < -0.3 is 25.2 Å². The first-order valence-corrected chi connectivity index (χ1v) is 13.7. The predicted molar refractivity (Wildman–Crippen MR) is 145 cm³/mol. The van der Waals surface area contributed by atoms with Crippen LogP contribution in [-0.2, 0) is 22.4 Å². The van der Waals surface area contributed by atoms with Crippen LogP contribution >= 0.6 is 11.6 Å². The number of amides is 1. The third-order valence-electron chi connectivity index (χ3n) is 7.31. The van der Waals surface area contributed by atoms with Gasteiger partial charge in [0.05, 0.1) is 12.1 Å². The summed E-state index contributed by atoms with van der Waals surface area (Å²) in [6, 6.07) is 5.61. The Balaban J connectivity index is 1.52. The van der Waals surface area contributed by atoms with E-state index in [9.17, 15) is 14.3 Å². The van der Waals surface area contributed by atoms with E-state index in [0.29, 0.717) is 16.5 Å². The minimum atomic E-state index is -0.997. The number of nitrogens with one attached hydrogen (secondary N) is 2. The number of carbonyl (C=O) groups excluding carboxylic acids is 1. The molecule has 2 aromatic rings. The number of aromatic nitrogens is 1. The number of aliphatic hydroxyl groups excluding tert-OH is 1. The Hall–Kier alpha value is -2.26. The lowest BCUT2D eigenvalue weighted by Crippen LogP contribution is -2.52. The number of aliphatic hydroxyl groups is 1. The molecule has 3 atom stereocenters. The molecule has 4 rings (SSSR count). The van der Waals surface area contributed by atoms with Crippen molar-refractivity contribution in [3.8, 4) is 5.88 Å². The van der Waals surface area contributed by atoms with Crippen LogP contribution in [-0.4, -0.2) is 54.0 Å². The predicted octanol–water partition coefficient (Wildman–Crippen LogP) is 4.53. The van der Waals surface area contributed by atoms with Gasteiger partial charge in [0.25, 0.3) is 0 Å². The summed E-state index contributed by atoms with van der Waals surface area (Å²) >= 11 is 6.08. The van der Waals surface area contributed by atoms with Crippen molar-refractivity contribution in [3.05, 3.63) is 58.0 Å². The summed E-state index contributed by atoms with van der Waals surface area (Å²) in [7, 11) is 1.42. The number of fused-ring (bicyclic) bond motifs is 1. The zero-order valence-corrected chi connectivity index (χ0v) is 23.4. The Morgan fingerprint density at radius 2 is 2.11 bits per heavy atom. The fourth-order valence-corrected chi connectivity index (χ4v) is 5.55. The number of benzene rings is 1. The maximum Gasteiger partial charge on any atom is 0.246 e. The van der Waals surface area contributed by atoms with Gasteiger partial charge in [0.1, 0.15) is 18.0 Å². The Bertz CT molecular complexity index is 1140. The quantitative estimate of drug-likeness (QED) is 0.405. The number of carbonyl (C=O) groups is 1. The van der Waals surface area contributed by atoms with E-state index in [-0.39, 0.29) is 42.5 Å². The molecule has 1 aromatic carbocycles. The molecule has 9 heteroatoms. The van der Waals surface area contributed by atoms with E-state index in [2.05, 4.69) is 42.5 Å². The number of pyridine rings is 1. The van der Waals surface area contributed by atoms with E-state index >= 15 is 0 Å². The van der Waals surface area contributed by atoms with Gasteiger partial charge in [0.15, 0.2) is 0 Å². The summed E-state index contributed by atoms with van der Waals surface area (Å²) in [4.78, 5) is 17.0. The standard InChI is InChI=1S/C29H39ClFN3O4/c1-28(2,3)13-18-10-21-24(14-29(8-5-9-29)38-27(21)33-15-18)32-16-25(35)23(34-26(36)17-37-4)12-19-11-20(30)6-7-22(19)31/h6-7,10-11,15,23-25,32,35H,5,8-9,12-14,16-17H2,1-4H3,(H,34,36)/t23-,24-,25+/m0/s1. The largest absolute Gasteiger partial charge is 0.471 e. The first kappa shape index (κ1) is 28.7. The van der Waals surface area contributed by atoms with E-state index in [1.165, 1.54) is 25.3 Å². The van der Waals surface area contributed by atoms with E-state index in [1.54, 1.807) is 0 Å². The SMILES string of the molecule is COCC(=O)N[C@@H](Cc1cc(Cl)ccc1F)[C@H](O)CN[C@H]1CC2(CCC2)Oc2ncc(CC(C)(C)C)cc21. The molecule has 38 heavy (non-hydrogen) atoms.